The Labute approximate surface area is 81.3 Å². The summed E-state index contributed by atoms with van der Waals surface area (Å²) in [5, 5.41) is 0. The molecular formula is C12H19N. The highest BCUT2D eigenvalue weighted by atomic mass is 14.7. The first-order valence-corrected chi connectivity index (χ1v) is 4.98. The quantitative estimate of drug-likeness (QED) is 0.462. The summed E-state index contributed by atoms with van der Waals surface area (Å²) in [4.78, 5) is 4.23. The summed E-state index contributed by atoms with van der Waals surface area (Å²) in [6, 6.07) is 0. The number of rotatable bonds is 4. The van der Waals surface area contributed by atoms with E-state index in [4.69, 9.17) is 0 Å². The van der Waals surface area contributed by atoms with Gasteiger partial charge in [-0.25, -0.2) is 0 Å². The third kappa shape index (κ3) is 3.17. The van der Waals surface area contributed by atoms with Crippen molar-refractivity contribution in [1.29, 1.82) is 0 Å². The predicted octanol–water partition coefficient (Wildman–Crippen LogP) is 3.24. The van der Waals surface area contributed by atoms with E-state index < -0.39 is 0 Å². The van der Waals surface area contributed by atoms with E-state index in [1.165, 1.54) is 18.4 Å². The minimum Gasteiger partial charge on any atom is -0.293 e. The lowest BCUT2D eigenvalue weighted by molar-refractivity contribution is 0.885. The van der Waals surface area contributed by atoms with Crippen LogP contribution in [0.1, 0.15) is 26.7 Å². The van der Waals surface area contributed by atoms with Gasteiger partial charge in [-0.3, -0.25) is 4.99 Å². The van der Waals surface area contributed by atoms with Crippen LogP contribution in [0.5, 0.6) is 0 Å². The molecule has 1 saturated carbocycles. The van der Waals surface area contributed by atoms with E-state index in [9.17, 15) is 0 Å². The van der Waals surface area contributed by atoms with Crippen LogP contribution in [-0.2, 0) is 0 Å². The Morgan fingerprint density at radius 2 is 2.00 bits per heavy atom. The third-order valence-electron chi connectivity index (χ3n) is 2.42. The number of hydrogen-bond donors (Lipinski definition) is 0. The first kappa shape index (κ1) is 10.2. The van der Waals surface area contributed by atoms with Crippen LogP contribution in [0.4, 0.5) is 0 Å². The van der Waals surface area contributed by atoms with E-state index in [2.05, 4.69) is 37.6 Å². The Kier molecular flexibility index (Phi) is 3.47. The third-order valence-corrected chi connectivity index (χ3v) is 2.42. The van der Waals surface area contributed by atoms with Crippen molar-refractivity contribution < 1.29 is 0 Å². The highest BCUT2D eigenvalue weighted by Gasteiger charge is 2.22. The average molecular weight is 177 g/mol. The molecule has 0 amide bonds. The fourth-order valence-electron chi connectivity index (χ4n) is 1.31. The van der Waals surface area contributed by atoms with Gasteiger partial charge in [-0.2, -0.15) is 0 Å². The lowest BCUT2D eigenvalue weighted by atomic mass is 10.1. The first-order valence-electron chi connectivity index (χ1n) is 4.98. The normalized spacial score (nSPS) is 18.6. The zero-order valence-electron chi connectivity index (χ0n) is 8.88. The topological polar surface area (TPSA) is 12.4 Å². The Morgan fingerprint density at radius 1 is 1.38 bits per heavy atom. The molecule has 1 rings (SSSR count). The monoisotopic (exact) mass is 177 g/mol. The zero-order chi connectivity index (χ0) is 9.84. The maximum atomic E-state index is 4.23. The molecular weight excluding hydrogens is 158 g/mol. The van der Waals surface area contributed by atoms with Gasteiger partial charge in [0, 0.05) is 12.8 Å². The number of hydrogen-bond acceptors (Lipinski definition) is 1. The average Bonchev–Trinajstić information content (AvgIpc) is 2.86. The van der Waals surface area contributed by atoms with Gasteiger partial charge in [0.2, 0.25) is 0 Å². The molecule has 0 radical (unpaired) electrons. The lowest BCUT2D eigenvalue weighted by Gasteiger charge is -2.03. The van der Waals surface area contributed by atoms with Gasteiger partial charge in [0.25, 0.3) is 0 Å². The molecule has 0 unspecified atom stereocenters. The van der Waals surface area contributed by atoms with Crippen molar-refractivity contribution in [2.75, 3.05) is 7.05 Å². The summed E-state index contributed by atoms with van der Waals surface area (Å²) in [7, 11) is 1.85. The van der Waals surface area contributed by atoms with Crippen molar-refractivity contribution in [3.8, 4) is 0 Å². The van der Waals surface area contributed by atoms with Crippen LogP contribution in [0, 0.1) is 11.8 Å². The van der Waals surface area contributed by atoms with E-state index in [1.807, 2.05) is 7.05 Å². The van der Waals surface area contributed by atoms with Crippen LogP contribution < -0.4 is 0 Å². The molecule has 0 aromatic rings. The van der Waals surface area contributed by atoms with Crippen molar-refractivity contribution in [1.82, 2.24) is 0 Å². The van der Waals surface area contributed by atoms with Gasteiger partial charge in [-0.05, 0) is 30.8 Å². The van der Waals surface area contributed by atoms with Crippen LogP contribution in [-0.4, -0.2) is 12.8 Å². The molecule has 0 aromatic carbocycles. The molecule has 0 bridgehead atoms. The molecule has 0 N–H and O–H groups in total. The van der Waals surface area contributed by atoms with Crippen LogP contribution in [0.2, 0.25) is 0 Å². The van der Waals surface area contributed by atoms with Gasteiger partial charge in [0.05, 0.1) is 0 Å². The molecule has 0 atom stereocenters. The van der Waals surface area contributed by atoms with Gasteiger partial charge < -0.3 is 0 Å². The molecule has 1 aliphatic carbocycles. The number of aliphatic imine (C=N–C) groups is 1. The van der Waals surface area contributed by atoms with Gasteiger partial charge >= 0.3 is 0 Å². The van der Waals surface area contributed by atoms with E-state index in [1.54, 1.807) is 0 Å². The maximum Gasteiger partial charge on any atom is 0.0370 e. The lowest BCUT2D eigenvalue weighted by Crippen LogP contribution is -2.03. The molecule has 1 heteroatoms. The SMILES string of the molecule is C=C(/C=C\C(=NC)C(C)C)C1CC1. The fraction of sp³-hybridized carbons (Fsp3) is 0.583. The van der Waals surface area contributed by atoms with Crippen LogP contribution >= 0.6 is 0 Å². The molecule has 0 aromatic heterocycles. The number of nitrogens with zero attached hydrogens (tertiary/aromatic N) is 1. The Balaban J connectivity index is 2.49. The minimum absolute atomic E-state index is 0.508. The Morgan fingerprint density at radius 3 is 2.38 bits per heavy atom. The first-order chi connectivity index (χ1) is 6.15. The smallest absolute Gasteiger partial charge is 0.0370 e. The van der Waals surface area contributed by atoms with Gasteiger partial charge in [0.15, 0.2) is 0 Å². The molecule has 1 nitrogen and oxygen atoms in total. The van der Waals surface area contributed by atoms with Crippen LogP contribution in [0.25, 0.3) is 0 Å². The summed E-state index contributed by atoms with van der Waals surface area (Å²) in [5.74, 6) is 1.27. The van der Waals surface area contributed by atoms with Crippen LogP contribution in [0.3, 0.4) is 0 Å². The maximum absolute atomic E-state index is 4.23. The van der Waals surface area contributed by atoms with E-state index in [-0.39, 0.29) is 0 Å². The predicted molar refractivity (Wildman–Crippen MR) is 59.2 cm³/mol. The summed E-state index contributed by atoms with van der Waals surface area (Å²) < 4.78 is 0. The van der Waals surface area contributed by atoms with Gasteiger partial charge in [0.1, 0.15) is 0 Å². The molecule has 1 fully saturated rings. The Hall–Kier alpha value is -0.850. The minimum atomic E-state index is 0.508. The van der Waals surface area contributed by atoms with Crippen molar-refractivity contribution >= 4 is 5.71 Å². The summed E-state index contributed by atoms with van der Waals surface area (Å²) in [6.07, 6.45) is 6.87. The highest BCUT2D eigenvalue weighted by molar-refractivity contribution is 5.96. The highest BCUT2D eigenvalue weighted by Crippen LogP contribution is 2.35. The molecule has 0 aliphatic heterocycles. The Bertz CT molecular complexity index is 242. The molecule has 0 saturated heterocycles. The zero-order valence-corrected chi connectivity index (χ0v) is 8.88. The van der Waals surface area contributed by atoms with E-state index in [0.717, 1.165) is 11.6 Å². The molecule has 0 heterocycles. The van der Waals surface area contributed by atoms with Crippen molar-refractivity contribution in [3.05, 3.63) is 24.3 Å². The molecule has 72 valence electrons. The van der Waals surface area contributed by atoms with Crippen molar-refractivity contribution in [2.45, 2.75) is 26.7 Å². The summed E-state index contributed by atoms with van der Waals surface area (Å²) in [5.41, 5.74) is 2.42. The molecule has 1 aliphatic rings. The molecule has 0 spiro atoms. The van der Waals surface area contributed by atoms with Crippen molar-refractivity contribution in [2.24, 2.45) is 16.8 Å². The second-order valence-corrected chi connectivity index (χ2v) is 3.99. The van der Waals surface area contributed by atoms with Crippen LogP contribution in [0.15, 0.2) is 29.3 Å². The van der Waals surface area contributed by atoms with E-state index in [0.29, 0.717) is 5.92 Å². The number of allylic oxidation sites excluding steroid dienone is 3. The van der Waals surface area contributed by atoms with E-state index >= 15 is 0 Å². The van der Waals surface area contributed by atoms with Gasteiger partial charge in [-0.15, -0.1) is 0 Å². The second kappa shape index (κ2) is 4.40. The molecule has 13 heavy (non-hydrogen) atoms. The summed E-state index contributed by atoms with van der Waals surface area (Å²) >= 11 is 0. The standard InChI is InChI=1S/C12H19N/c1-9(2)12(13-4)8-5-10(3)11-6-7-11/h5,8-9,11H,3,6-7H2,1-2,4H3/b8-5-,13-12?. The second-order valence-electron chi connectivity index (χ2n) is 3.99. The van der Waals surface area contributed by atoms with Crippen molar-refractivity contribution in [3.63, 3.8) is 0 Å². The fourth-order valence-corrected chi connectivity index (χ4v) is 1.31. The van der Waals surface area contributed by atoms with Gasteiger partial charge in [-0.1, -0.05) is 32.1 Å². The largest absolute Gasteiger partial charge is 0.293 e. The summed E-state index contributed by atoms with van der Waals surface area (Å²) in [6.45, 7) is 8.36.